The molecule has 4 rings (SSSR count). The molecule has 0 saturated carbocycles. The number of rotatable bonds is 1. The third kappa shape index (κ3) is 1.98. The highest BCUT2D eigenvalue weighted by atomic mass is 16.1. The number of aromatic nitrogens is 1. The fraction of sp³-hybridized carbons (Fsp3) is 0.158. The van der Waals surface area contributed by atoms with Gasteiger partial charge in [0.25, 0.3) is 0 Å². The van der Waals surface area contributed by atoms with Crippen LogP contribution in [-0.2, 0) is 6.42 Å². The molecule has 0 spiro atoms. The lowest BCUT2D eigenvalue weighted by molar-refractivity contribution is 0.0972. The van der Waals surface area contributed by atoms with E-state index in [-0.39, 0.29) is 11.2 Å². The average molecular weight is 289 g/mol. The molecular formula is C19H15NO2. The Balaban J connectivity index is 1.97. The second kappa shape index (κ2) is 4.95. The molecule has 3 heteroatoms. The summed E-state index contributed by atoms with van der Waals surface area (Å²) in [6.45, 7) is 0. The van der Waals surface area contributed by atoms with Gasteiger partial charge in [-0.3, -0.25) is 9.59 Å². The van der Waals surface area contributed by atoms with Crippen molar-refractivity contribution < 1.29 is 4.79 Å². The predicted octanol–water partition coefficient (Wildman–Crippen LogP) is 3.51. The first-order valence-corrected chi connectivity index (χ1v) is 7.51. The topological polar surface area (TPSA) is 39.1 Å². The molecule has 1 heterocycles. The van der Waals surface area contributed by atoms with Crippen molar-refractivity contribution >= 4 is 16.7 Å². The number of ketones is 1. The maximum atomic E-state index is 12.1. The Kier molecular flexibility index (Phi) is 2.93. The van der Waals surface area contributed by atoms with Gasteiger partial charge in [-0.25, -0.2) is 0 Å². The monoisotopic (exact) mass is 289 g/mol. The molecule has 0 radical (unpaired) electrons. The third-order valence-corrected chi connectivity index (χ3v) is 4.33. The molecule has 0 bridgehead atoms. The van der Waals surface area contributed by atoms with Gasteiger partial charge >= 0.3 is 0 Å². The van der Waals surface area contributed by atoms with Crippen LogP contribution >= 0.6 is 0 Å². The van der Waals surface area contributed by atoms with Crippen molar-refractivity contribution in [1.82, 2.24) is 4.57 Å². The molecule has 3 nitrogen and oxygen atoms in total. The standard InChI is InChI=1S/C19H15NO2/c21-18-7-3-4-13-8-9-14(12-16(13)18)20-11-10-19(22)15-5-1-2-6-17(15)20/h1-2,5-6,8-12H,3-4,7H2. The summed E-state index contributed by atoms with van der Waals surface area (Å²) in [6.07, 6.45) is 4.31. The minimum absolute atomic E-state index is 0.0147. The summed E-state index contributed by atoms with van der Waals surface area (Å²) < 4.78 is 1.97. The van der Waals surface area contributed by atoms with E-state index in [1.807, 2.05) is 47.0 Å². The molecule has 3 aromatic rings. The highest BCUT2D eigenvalue weighted by molar-refractivity contribution is 5.99. The molecule has 0 unspecified atom stereocenters. The van der Waals surface area contributed by atoms with Crippen molar-refractivity contribution in [3.8, 4) is 5.69 Å². The number of fused-ring (bicyclic) bond motifs is 2. The summed E-state index contributed by atoms with van der Waals surface area (Å²) in [4.78, 5) is 24.1. The normalized spacial score (nSPS) is 14.1. The van der Waals surface area contributed by atoms with Crippen molar-refractivity contribution in [3.05, 3.63) is 76.1 Å². The van der Waals surface area contributed by atoms with Gasteiger partial charge in [0, 0.05) is 35.3 Å². The van der Waals surface area contributed by atoms with Crippen molar-refractivity contribution in [2.24, 2.45) is 0 Å². The van der Waals surface area contributed by atoms with Crippen molar-refractivity contribution in [3.63, 3.8) is 0 Å². The van der Waals surface area contributed by atoms with Crippen LogP contribution in [0.1, 0.15) is 28.8 Å². The van der Waals surface area contributed by atoms with Crippen molar-refractivity contribution in [2.45, 2.75) is 19.3 Å². The Morgan fingerprint density at radius 2 is 1.77 bits per heavy atom. The van der Waals surface area contributed by atoms with E-state index in [4.69, 9.17) is 0 Å². The molecule has 0 N–H and O–H groups in total. The Labute approximate surface area is 127 Å². The molecule has 0 fully saturated rings. The van der Waals surface area contributed by atoms with Crippen LogP contribution in [0.5, 0.6) is 0 Å². The molecular weight excluding hydrogens is 274 g/mol. The van der Waals surface area contributed by atoms with E-state index >= 15 is 0 Å². The number of hydrogen-bond donors (Lipinski definition) is 0. The van der Waals surface area contributed by atoms with Crippen LogP contribution in [0.25, 0.3) is 16.6 Å². The zero-order valence-electron chi connectivity index (χ0n) is 12.1. The van der Waals surface area contributed by atoms with Gasteiger partial charge in [-0.2, -0.15) is 0 Å². The summed E-state index contributed by atoms with van der Waals surface area (Å²) in [6, 6.07) is 15.1. The maximum absolute atomic E-state index is 12.1. The largest absolute Gasteiger partial charge is 0.316 e. The van der Waals surface area contributed by atoms with E-state index in [0.29, 0.717) is 11.8 Å². The molecule has 1 aromatic heterocycles. The van der Waals surface area contributed by atoms with Gasteiger partial charge < -0.3 is 4.57 Å². The lowest BCUT2D eigenvalue weighted by atomic mass is 9.90. The van der Waals surface area contributed by atoms with Crippen LogP contribution < -0.4 is 5.43 Å². The van der Waals surface area contributed by atoms with Gasteiger partial charge in [-0.05, 0) is 42.7 Å². The van der Waals surface area contributed by atoms with E-state index in [1.54, 1.807) is 12.3 Å². The Morgan fingerprint density at radius 1 is 0.909 bits per heavy atom. The summed E-state index contributed by atoms with van der Waals surface area (Å²) >= 11 is 0. The summed E-state index contributed by atoms with van der Waals surface area (Å²) in [5.74, 6) is 0.216. The van der Waals surface area contributed by atoms with Crippen LogP contribution in [0, 0.1) is 0 Å². The first kappa shape index (κ1) is 13.0. The molecule has 0 amide bonds. The van der Waals surface area contributed by atoms with Gasteiger partial charge in [0.15, 0.2) is 11.2 Å². The van der Waals surface area contributed by atoms with Crippen LogP contribution in [0.4, 0.5) is 0 Å². The number of pyridine rings is 1. The Bertz CT molecular complexity index is 953. The summed E-state index contributed by atoms with van der Waals surface area (Å²) in [7, 11) is 0. The minimum atomic E-state index is 0.0147. The third-order valence-electron chi connectivity index (χ3n) is 4.33. The van der Waals surface area contributed by atoms with Crippen LogP contribution in [0.2, 0.25) is 0 Å². The van der Waals surface area contributed by atoms with Gasteiger partial charge in [-0.1, -0.05) is 18.2 Å². The lowest BCUT2D eigenvalue weighted by Gasteiger charge is -2.17. The Morgan fingerprint density at radius 3 is 2.68 bits per heavy atom. The van der Waals surface area contributed by atoms with Gasteiger partial charge in [0.2, 0.25) is 0 Å². The number of para-hydroxylation sites is 1. The highest BCUT2D eigenvalue weighted by Gasteiger charge is 2.17. The maximum Gasteiger partial charge on any atom is 0.189 e. The predicted molar refractivity (Wildman–Crippen MR) is 86.8 cm³/mol. The second-order valence-corrected chi connectivity index (χ2v) is 5.69. The van der Waals surface area contributed by atoms with E-state index in [9.17, 15) is 9.59 Å². The number of aryl methyl sites for hydroxylation is 1. The molecule has 1 aliphatic carbocycles. The first-order valence-electron chi connectivity index (χ1n) is 7.51. The molecule has 1 aliphatic rings. The number of Topliss-reactive ketones (excluding diaryl/α,β-unsaturated/α-hetero) is 1. The van der Waals surface area contributed by atoms with Crippen molar-refractivity contribution in [1.29, 1.82) is 0 Å². The van der Waals surface area contributed by atoms with Crippen LogP contribution in [0.3, 0.4) is 0 Å². The molecule has 0 saturated heterocycles. The number of benzene rings is 2. The molecule has 0 aliphatic heterocycles. The zero-order chi connectivity index (χ0) is 15.1. The zero-order valence-corrected chi connectivity index (χ0v) is 12.1. The highest BCUT2D eigenvalue weighted by Crippen LogP contribution is 2.25. The minimum Gasteiger partial charge on any atom is -0.316 e. The van der Waals surface area contributed by atoms with Crippen LogP contribution in [-0.4, -0.2) is 10.4 Å². The first-order chi connectivity index (χ1) is 10.7. The SMILES string of the molecule is O=C1CCCc2ccc(-n3ccc(=O)c4ccccc43)cc21. The molecule has 108 valence electrons. The van der Waals surface area contributed by atoms with Gasteiger partial charge in [0.1, 0.15) is 0 Å². The quantitative estimate of drug-likeness (QED) is 0.687. The summed E-state index contributed by atoms with van der Waals surface area (Å²) in [5.41, 5.74) is 3.75. The smallest absolute Gasteiger partial charge is 0.189 e. The van der Waals surface area contributed by atoms with E-state index in [2.05, 4.69) is 0 Å². The number of carbonyl (C=O) groups is 1. The average Bonchev–Trinajstić information content (AvgIpc) is 2.56. The second-order valence-electron chi connectivity index (χ2n) is 5.69. The molecule has 2 aromatic carbocycles. The number of hydrogen-bond acceptors (Lipinski definition) is 2. The fourth-order valence-corrected chi connectivity index (χ4v) is 3.20. The van der Waals surface area contributed by atoms with Crippen LogP contribution in [0.15, 0.2) is 59.5 Å². The Hall–Kier alpha value is -2.68. The van der Waals surface area contributed by atoms with E-state index in [1.165, 1.54) is 0 Å². The molecule has 0 atom stereocenters. The molecule has 22 heavy (non-hydrogen) atoms. The fourth-order valence-electron chi connectivity index (χ4n) is 3.20. The van der Waals surface area contributed by atoms with Gasteiger partial charge in [0.05, 0.1) is 5.52 Å². The number of carbonyl (C=O) groups excluding carboxylic acids is 1. The lowest BCUT2D eigenvalue weighted by Crippen LogP contribution is -2.12. The van der Waals surface area contributed by atoms with Crippen molar-refractivity contribution in [2.75, 3.05) is 0 Å². The number of nitrogens with zero attached hydrogens (tertiary/aromatic N) is 1. The van der Waals surface area contributed by atoms with Gasteiger partial charge in [-0.15, -0.1) is 0 Å². The van der Waals surface area contributed by atoms with E-state index in [0.717, 1.165) is 35.2 Å². The summed E-state index contributed by atoms with van der Waals surface area (Å²) in [5, 5.41) is 0.689. The van der Waals surface area contributed by atoms with E-state index < -0.39 is 0 Å².